The lowest BCUT2D eigenvalue weighted by Gasteiger charge is -2.33. The van der Waals surface area contributed by atoms with E-state index in [4.69, 9.17) is 0 Å². The lowest BCUT2D eigenvalue weighted by Crippen LogP contribution is -2.33. The highest BCUT2D eigenvalue weighted by molar-refractivity contribution is 5.40. The van der Waals surface area contributed by atoms with E-state index < -0.39 is 0 Å². The Labute approximate surface area is 116 Å². The van der Waals surface area contributed by atoms with Crippen LogP contribution in [0.2, 0.25) is 0 Å². The van der Waals surface area contributed by atoms with Gasteiger partial charge in [-0.3, -0.25) is 0 Å². The van der Waals surface area contributed by atoms with E-state index in [2.05, 4.69) is 36.6 Å². The lowest BCUT2D eigenvalue weighted by atomic mass is 9.74. The zero-order valence-electron chi connectivity index (χ0n) is 11.9. The second kappa shape index (κ2) is 4.63. The second-order valence-corrected chi connectivity index (χ2v) is 6.92. The molecular formula is C18H25N. The molecule has 4 unspecified atom stereocenters. The van der Waals surface area contributed by atoms with Gasteiger partial charge in [0.2, 0.25) is 0 Å². The zero-order valence-corrected chi connectivity index (χ0v) is 11.9. The van der Waals surface area contributed by atoms with Gasteiger partial charge in [-0.15, -0.1) is 0 Å². The number of hydrogen-bond acceptors (Lipinski definition) is 1. The van der Waals surface area contributed by atoms with E-state index in [-0.39, 0.29) is 0 Å². The molecule has 0 aliphatic heterocycles. The van der Waals surface area contributed by atoms with Crippen molar-refractivity contribution in [3.63, 3.8) is 0 Å². The van der Waals surface area contributed by atoms with Crippen molar-refractivity contribution in [2.45, 2.75) is 50.5 Å². The molecule has 1 heteroatoms. The minimum atomic E-state index is 0.770. The van der Waals surface area contributed by atoms with E-state index in [1.54, 1.807) is 11.1 Å². The van der Waals surface area contributed by atoms with Gasteiger partial charge in [0, 0.05) is 6.04 Å². The van der Waals surface area contributed by atoms with E-state index in [1.165, 1.54) is 38.5 Å². The smallest absolute Gasteiger partial charge is 0.0104 e. The molecule has 0 saturated heterocycles. The molecular weight excluding hydrogens is 230 g/mol. The first-order valence-electron chi connectivity index (χ1n) is 8.13. The van der Waals surface area contributed by atoms with Crippen molar-refractivity contribution < 1.29 is 0 Å². The van der Waals surface area contributed by atoms with Gasteiger partial charge < -0.3 is 5.32 Å². The first-order valence-corrected chi connectivity index (χ1v) is 8.13. The predicted molar refractivity (Wildman–Crippen MR) is 79.3 cm³/mol. The molecule has 2 saturated carbocycles. The van der Waals surface area contributed by atoms with Gasteiger partial charge >= 0.3 is 0 Å². The summed E-state index contributed by atoms with van der Waals surface area (Å²) >= 11 is 0. The summed E-state index contributed by atoms with van der Waals surface area (Å²) in [5, 5.41) is 3.65. The van der Waals surface area contributed by atoms with Crippen molar-refractivity contribution in [3.8, 4) is 0 Å². The highest BCUT2D eigenvalue weighted by Crippen LogP contribution is 2.58. The van der Waals surface area contributed by atoms with Gasteiger partial charge in [0.05, 0.1) is 0 Å². The van der Waals surface area contributed by atoms with Crippen molar-refractivity contribution in [2.75, 3.05) is 7.05 Å². The van der Waals surface area contributed by atoms with Crippen LogP contribution in [0.25, 0.3) is 0 Å². The first kappa shape index (κ1) is 12.0. The molecule has 102 valence electrons. The van der Waals surface area contributed by atoms with Gasteiger partial charge in [0.1, 0.15) is 0 Å². The largest absolute Gasteiger partial charge is 0.317 e. The molecule has 4 rings (SSSR count). The Bertz CT molecular complexity index is 455. The topological polar surface area (TPSA) is 12.0 Å². The minimum Gasteiger partial charge on any atom is -0.317 e. The second-order valence-electron chi connectivity index (χ2n) is 6.92. The lowest BCUT2D eigenvalue weighted by molar-refractivity contribution is 0.383. The van der Waals surface area contributed by atoms with Gasteiger partial charge in [-0.25, -0.2) is 0 Å². The Morgan fingerprint density at radius 3 is 2.58 bits per heavy atom. The normalized spacial score (nSPS) is 36.9. The fourth-order valence-electron chi connectivity index (χ4n) is 4.99. The fourth-order valence-corrected chi connectivity index (χ4v) is 4.99. The molecule has 1 N–H and O–H groups in total. The van der Waals surface area contributed by atoms with Gasteiger partial charge in [0.25, 0.3) is 0 Å². The van der Waals surface area contributed by atoms with Crippen molar-refractivity contribution in [1.82, 2.24) is 5.32 Å². The number of benzene rings is 1. The Balaban J connectivity index is 1.42. The quantitative estimate of drug-likeness (QED) is 0.864. The van der Waals surface area contributed by atoms with Crippen LogP contribution in [0.1, 0.15) is 49.1 Å². The molecule has 0 spiro atoms. The van der Waals surface area contributed by atoms with Crippen LogP contribution in [0.3, 0.4) is 0 Å². The van der Waals surface area contributed by atoms with E-state index >= 15 is 0 Å². The number of hydrogen-bond donors (Lipinski definition) is 1. The molecule has 0 heterocycles. The molecule has 0 amide bonds. The highest BCUT2D eigenvalue weighted by Gasteiger charge is 2.54. The predicted octanol–water partition coefficient (Wildman–Crippen LogP) is 3.74. The summed E-state index contributed by atoms with van der Waals surface area (Å²) in [5.41, 5.74) is 3.22. The summed E-state index contributed by atoms with van der Waals surface area (Å²) in [6, 6.07) is 9.80. The fraction of sp³-hybridized carbons (Fsp3) is 0.667. The van der Waals surface area contributed by atoms with Gasteiger partial charge in [-0.1, -0.05) is 37.1 Å². The zero-order chi connectivity index (χ0) is 12.8. The summed E-state index contributed by atoms with van der Waals surface area (Å²) in [5.74, 6) is 3.97. The molecule has 19 heavy (non-hydrogen) atoms. The maximum Gasteiger partial charge on any atom is 0.0104 e. The van der Waals surface area contributed by atoms with E-state index in [0.717, 1.165) is 29.7 Å². The molecule has 2 fully saturated rings. The van der Waals surface area contributed by atoms with Crippen LogP contribution in [0.5, 0.6) is 0 Å². The monoisotopic (exact) mass is 255 g/mol. The summed E-state index contributed by atoms with van der Waals surface area (Å²) < 4.78 is 0. The molecule has 0 bridgehead atoms. The summed E-state index contributed by atoms with van der Waals surface area (Å²) in [6.07, 6.45) is 8.67. The third-order valence-electron chi connectivity index (χ3n) is 6.06. The van der Waals surface area contributed by atoms with Crippen LogP contribution >= 0.6 is 0 Å². The average Bonchev–Trinajstić information content (AvgIpc) is 3.15. The van der Waals surface area contributed by atoms with E-state index in [1.807, 2.05) is 0 Å². The van der Waals surface area contributed by atoms with Gasteiger partial charge in [-0.2, -0.15) is 0 Å². The standard InChI is InChI=1S/C18H25N/c1-19-17(18-15-8-4-5-9-16(15)18)11-13-10-12-6-2-3-7-14(12)13/h2-3,6-7,13,15-19H,4-5,8-11H2,1H3. The SMILES string of the molecule is CNC(CC1Cc2ccccc21)C1C2CCCCC21. The third-order valence-corrected chi connectivity index (χ3v) is 6.06. The van der Waals surface area contributed by atoms with Gasteiger partial charge in [0.15, 0.2) is 0 Å². The molecule has 1 aromatic carbocycles. The van der Waals surface area contributed by atoms with Crippen LogP contribution in [-0.2, 0) is 6.42 Å². The van der Waals surface area contributed by atoms with Crippen molar-refractivity contribution in [1.29, 1.82) is 0 Å². The Morgan fingerprint density at radius 2 is 1.89 bits per heavy atom. The number of fused-ring (bicyclic) bond motifs is 2. The maximum atomic E-state index is 3.65. The Kier molecular flexibility index (Phi) is 2.91. The summed E-state index contributed by atoms with van der Waals surface area (Å²) in [6.45, 7) is 0. The highest BCUT2D eigenvalue weighted by atomic mass is 14.9. The summed E-state index contributed by atoms with van der Waals surface area (Å²) in [7, 11) is 2.18. The minimum absolute atomic E-state index is 0.770. The molecule has 4 atom stereocenters. The van der Waals surface area contributed by atoms with Crippen LogP contribution < -0.4 is 5.32 Å². The molecule has 3 aliphatic rings. The number of rotatable bonds is 4. The Hall–Kier alpha value is -0.820. The maximum absolute atomic E-state index is 3.65. The molecule has 0 aromatic heterocycles. The average molecular weight is 255 g/mol. The first-order chi connectivity index (χ1) is 9.38. The van der Waals surface area contributed by atoms with Crippen LogP contribution in [0.15, 0.2) is 24.3 Å². The molecule has 1 nitrogen and oxygen atoms in total. The van der Waals surface area contributed by atoms with E-state index in [9.17, 15) is 0 Å². The van der Waals surface area contributed by atoms with Crippen molar-refractivity contribution in [3.05, 3.63) is 35.4 Å². The van der Waals surface area contributed by atoms with Crippen LogP contribution in [0.4, 0.5) is 0 Å². The molecule has 3 aliphatic carbocycles. The Morgan fingerprint density at radius 1 is 1.16 bits per heavy atom. The van der Waals surface area contributed by atoms with E-state index in [0.29, 0.717) is 0 Å². The van der Waals surface area contributed by atoms with Crippen molar-refractivity contribution in [2.24, 2.45) is 17.8 Å². The molecule has 0 radical (unpaired) electrons. The van der Waals surface area contributed by atoms with Crippen LogP contribution in [0, 0.1) is 17.8 Å². The summed E-state index contributed by atoms with van der Waals surface area (Å²) in [4.78, 5) is 0. The van der Waals surface area contributed by atoms with Crippen LogP contribution in [-0.4, -0.2) is 13.1 Å². The number of nitrogens with one attached hydrogen (secondary N) is 1. The van der Waals surface area contributed by atoms with Gasteiger partial charge in [-0.05, 0) is 67.5 Å². The molecule has 1 aromatic rings. The third kappa shape index (κ3) is 1.94. The van der Waals surface area contributed by atoms with Crippen molar-refractivity contribution >= 4 is 0 Å².